The molecule has 0 atom stereocenters. The summed E-state index contributed by atoms with van der Waals surface area (Å²) >= 11 is 1.78. The van der Waals surface area contributed by atoms with Crippen molar-refractivity contribution in [3.05, 3.63) is 65.0 Å². The van der Waals surface area contributed by atoms with Gasteiger partial charge in [-0.15, -0.1) is 11.3 Å². The van der Waals surface area contributed by atoms with Crippen LogP contribution >= 0.6 is 11.3 Å². The Hall–Kier alpha value is -2.06. The zero-order valence-electron chi connectivity index (χ0n) is 11.8. The average Bonchev–Trinajstić information content (AvgIpc) is 3.08. The van der Waals surface area contributed by atoms with Gasteiger partial charge in [-0.2, -0.15) is 0 Å². The van der Waals surface area contributed by atoms with Gasteiger partial charge >= 0.3 is 0 Å². The minimum atomic E-state index is 0.979. The smallest absolute Gasteiger partial charge is 0.0941 e. The summed E-state index contributed by atoms with van der Waals surface area (Å²) in [5, 5.41) is 0.979. The van der Waals surface area contributed by atoms with E-state index in [0.29, 0.717) is 0 Å². The summed E-state index contributed by atoms with van der Waals surface area (Å²) in [6.45, 7) is 0. The van der Waals surface area contributed by atoms with E-state index in [1.807, 2.05) is 6.07 Å². The molecule has 2 heteroatoms. The minimum absolute atomic E-state index is 0.979. The van der Waals surface area contributed by atoms with E-state index in [-0.39, 0.29) is 0 Å². The third kappa shape index (κ3) is 2.16. The number of rotatable bonds is 2. The third-order valence-electron chi connectivity index (χ3n) is 4.23. The first-order valence-corrected chi connectivity index (χ1v) is 8.20. The Labute approximate surface area is 129 Å². The second-order valence-electron chi connectivity index (χ2n) is 5.54. The van der Waals surface area contributed by atoms with Gasteiger partial charge in [-0.25, -0.2) is 0 Å². The number of anilines is 1. The van der Waals surface area contributed by atoms with Crippen LogP contribution in [0.2, 0.25) is 0 Å². The molecular formula is C19H17NS. The molecule has 0 aliphatic heterocycles. The number of benzene rings is 2. The maximum absolute atomic E-state index is 6.25. The number of aryl methyl sites for hydroxylation is 1. The maximum Gasteiger partial charge on any atom is 0.0941 e. The highest BCUT2D eigenvalue weighted by Crippen LogP contribution is 2.43. The summed E-state index contributed by atoms with van der Waals surface area (Å²) in [7, 11) is 0. The van der Waals surface area contributed by atoms with Crippen LogP contribution in [0.3, 0.4) is 0 Å². The predicted molar refractivity (Wildman–Crippen MR) is 91.6 cm³/mol. The topological polar surface area (TPSA) is 26.0 Å². The highest BCUT2D eigenvalue weighted by atomic mass is 32.1. The summed E-state index contributed by atoms with van der Waals surface area (Å²) in [6.07, 6.45) is 3.65. The van der Waals surface area contributed by atoms with Crippen molar-refractivity contribution in [2.24, 2.45) is 0 Å². The number of nitrogen functional groups attached to an aromatic ring is 1. The van der Waals surface area contributed by atoms with Gasteiger partial charge < -0.3 is 5.73 Å². The molecular weight excluding hydrogens is 274 g/mol. The highest BCUT2D eigenvalue weighted by Gasteiger charge is 2.21. The van der Waals surface area contributed by atoms with Crippen LogP contribution in [0, 0.1) is 0 Å². The summed E-state index contributed by atoms with van der Waals surface area (Å²) in [6, 6.07) is 19.3. The Balaban J connectivity index is 1.75. The molecule has 2 N–H and O–H groups in total. The first-order valence-electron chi connectivity index (χ1n) is 7.39. The lowest BCUT2D eigenvalue weighted by Gasteiger charge is -2.06. The fourth-order valence-electron chi connectivity index (χ4n) is 3.20. The minimum Gasteiger partial charge on any atom is -0.390 e. The van der Waals surface area contributed by atoms with E-state index < -0.39 is 0 Å². The first kappa shape index (κ1) is 12.7. The second-order valence-corrected chi connectivity index (χ2v) is 6.68. The Morgan fingerprint density at radius 2 is 1.43 bits per heavy atom. The lowest BCUT2D eigenvalue weighted by atomic mass is 9.98. The third-order valence-corrected chi connectivity index (χ3v) is 5.35. The molecule has 3 aromatic rings. The van der Waals surface area contributed by atoms with Gasteiger partial charge in [-0.3, -0.25) is 0 Å². The molecule has 104 valence electrons. The van der Waals surface area contributed by atoms with Crippen LogP contribution in [0.15, 0.2) is 54.6 Å². The van der Waals surface area contributed by atoms with Gasteiger partial charge in [0.05, 0.1) is 5.00 Å². The largest absolute Gasteiger partial charge is 0.390 e. The van der Waals surface area contributed by atoms with Crippen LogP contribution in [-0.2, 0) is 12.8 Å². The van der Waals surface area contributed by atoms with Gasteiger partial charge in [0.1, 0.15) is 0 Å². The molecule has 0 radical (unpaired) electrons. The standard InChI is InChI=1S/C19H17NS/c20-19-18(16-7-4-8-17(16)21-19)15-11-9-14(10-12-15)13-5-2-1-3-6-13/h1-3,5-6,9-12H,4,7-8,20H2. The van der Waals surface area contributed by atoms with Gasteiger partial charge in [-0.1, -0.05) is 54.6 Å². The van der Waals surface area contributed by atoms with Crippen LogP contribution in [0.5, 0.6) is 0 Å². The molecule has 0 saturated heterocycles. The quantitative estimate of drug-likeness (QED) is 0.694. The van der Waals surface area contributed by atoms with Crippen molar-refractivity contribution in [1.29, 1.82) is 0 Å². The van der Waals surface area contributed by atoms with Crippen LogP contribution in [-0.4, -0.2) is 0 Å². The van der Waals surface area contributed by atoms with Crippen molar-refractivity contribution in [3.63, 3.8) is 0 Å². The molecule has 0 fully saturated rings. The van der Waals surface area contributed by atoms with E-state index in [2.05, 4.69) is 48.5 Å². The monoisotopic (exact) mass is 291 g/mol. The molecule has 1 aliphatic rings. The molecule has 0 saturated carbocycles. The van der Waals surface area contributed by atoms with Crippen molar-refractivity contribution >= 4 is 16.3 Å². The molecule has 21 heavy (non-hydrogen) atoms. The Kier molecular flexibility index (Phi) is 3.04. The molecule has 0 spiro atoms. The lowest BCUT2D eigenvalue weighted by molar-refractivity contribution is 0.915. The van der Waals surface area contributed by atoms with Gasteiger partial charge in [0.15, 0.2) is 0 Å². The predicted octanol–water partition coefficient (Wildman–Crippen LogP) is 5.15. The summed E-state index contributed by atoms with van der Waals surface area (Å²) < 4.78 is 0. The van der Waals surface area contributed by atoms with Crippen molar-refractivity contribution in [2.45, 2.75) is 19.3 Å². The molecule has 1 heterocycles. The van der Waals surface area contributed by atoms with E-state index >= 15 is 0 Å². The number of fused-ring (bicyclic) bond motifs is 1. The van der Waals surface area contributed by atoms with Crippen molar-refractivity contribution in [1.82, 2.24) is 0 Å². The van der Waals surface area contributed by atoms with Crippen LogP contribution in [0.25, 0.3) is 22.3 Å². The number of hydrogen-bond donors (Lipinski definition) is 1. The summed E-state index contributed by atoms with van der Waals surface area (Å²) in [4.78, 5) is 1.50. The van der Waals surface area contributed by atoms with Crippen LogP contribution in [0.1, 0.15) is 16.9 Å². The molecule has 1 aromatic heterocycles. The van der Waals surface area contributed by atoms with E-state index in [4.69, 9.17) is 5.73 Å². The van der Waals surface area contributed by atoms with E-state index in [1.165, 1.54) is 52.0 Å². The van der Waals surface area contributed by atoms with Gasteiger partial charge in [0, 0.05) is 10.4 Å². The number of nitrogens with two attached hydrogens (primary N) is 1. The van der Waals surface area contributed by atoms with Crippen LogP contribution in [0.4, 0.5) is 5.00 Å². The average molecular weight is 291 g/mol. The molecule has 0 bridgehead atoms. The molecule has 2 aromatic carbocycles. The number of hydrogen-bond acceptors (Lipinski definition) is 2. The lowest BCUT2D eigenvalue weighted by Crippen LogP contribution is -1.88. The highest BCUT2D eigenvalue weighted by molar-refractivity contribution is 7.16. The summed E-state index contributed by atoms with van der Waals surface area (Å²) in [5.41, 5.74) is 12.8. The number of thiophene rings is 1. The summed E-state index contributed by atoms with van der Waals surface area (Å²) in [5.74, 6) is 0. The van der Waals surface area contributed by atoms with Gasteiger partial charge in [0.2, 0.25) is 0 Å². The fourth-order valence-corrected chi connectivity index (χ4v) is 4.38. The molecule has 1 aliphatic carbocycles. The first-order chi connectivity index (χ1) is 10.3. The van der Waals surface area contributed by atoms with E-state index in [9.17, 15) is 0 Å². The van der Waals surface area contributed by atoms with Crippen molar-refractivity contribution in [2.75, 3.05) is 5.73 Å². The van der Waals surface area contributed by atoms with Crippen LogP contribution < -0.4 is 5.73 Å². The Morgan fingerprint density at radius 1 is 0.762 bits per heavy atom. The fraction of sp³-hybridized carbons (Fsp3) is 0.158. The Morgan fingerprint density at radius 3 is 2.19 bits per heavy atom. The Bertz CT molecular complexity index is 769. The zero-order valence-corrected chi connectivity index (χ0v) is 12.6. The molecule has 0 amide bonds. The van der Waals surface area contributed by atoms with E-state index in [1.54, 1.807) is 11.3 Å². The normalized spacial score (nSPS) is 13.3. The second kappa shape index (κ2) is 5.05. The van der Waals surface area contributed by atoms with Gasteiger partial charge in [-0.05, 0) is 41.5 Å². The van der Waals surface area contributed by atoms with E-state index in [0.717, 1.165) is 5.00 Å². The van der Waals surface area contributed by atoms with Gasteiger partial charge in [0.25, 0.3) is 0 Å². The van der Waals surface area contributed by atoms with Crippen molar-refractivity contribution in [3.8, 4) is 22.3 Å². The molecule has 4 rings (SSSR count). The maximum atomic E-state index is 6.25. The molecule has 0 unspecified atom stereocenters. The zero-order chi connectivity index (χ0) is 14.2. The SMILES string of the molecule is Nc1sc2c(c1-c1ccc(-c3ccccc3)cc1)CCC2. The molecule has 1 nitrogen and oxygen atoms in total. The van der Waals surface area contributed by atoms with Crippen molar-refractivity contribution < 1.29 is 0 Å².